The number of hydrogen-bond donors (Lipinski definition) is 2. The first-order chi connectivity index (χ1) is 27.9. The summed E-state index contributed by atoms with van der Waals surface area (Å²) in [6.07, 6.45) is 0.475. The number of fused-ring (bicyclic) bond motifs is 4. The van der Waals surface area contributed by atoms with Gasteiger partial charge in [0.05, 0.1) is 18.7 Å². The van der Waals surface area contributed by atoms with E-state index in [9.17, 15) is 28.8 Å². The maximum absolute atomic E-state index is 13.9. The number of thiophene rings is 1. The average molecular weight is 824 g/mol. The van der Waals surface area contributed by atoms with Gasteiger partial charge in [0, 0.05) is 89.8 Å². The van der Waals surface area contributed by atoms with Crippen molar-refractivity contribution in [3.05, 3.63) is 91.8 Å². The zero-order valence-corrected chi connectivity index (χ0v) is 33.9. The molecule has 4 aliphatic rings. The van der Waals surface area contributed by atoms with Crippen molar-refractivity contribution in [2.75, 3.05) is 38.0 Å². The van der Waals surface area contributed by atoms with Crippen LogP contribution in [0.15, 0.2) is 47.5 Å². The first-order valence-electron chi connectivity index (χ1n) is 19.3. The van der Waals surface area contributed by atoms with Crippen molar-refractivity contribution in [3.8, 4) is 5.00 Å². The molecule has 1 unspecified atom stereocenters. The molecule has 2 atom stereocenters. The maximum atomic E-state index is 13.9. The zero-order chi connectivity index (χ0) is 40.8. The second kappa shape index (κ2) is 16.0. The second-order valence-corrected chi connectivity index (χ2v) is 16.7. The zero-order valence-electron chi connectivity index (χ0n) is 32.3. The minimum absolute atomic E-state index is 0.0293. The van der Waals surface area contributed by atoms with Crippen molar-refractivity contribution in [1.82, 2.24) is 34.8 Å². The van der Waals surface area contributed by atoms with Crippen LogP contribution in [0.3, 0.4) is 0 Å². The summed E-state index contributed by atoms with van der Waals surface area (Å²) in [5, 5.41) is 15.6. The number of imide groups is 1. The number of amides is 5. The Hall–Kier alpha value is -5.58. The molecule has 0 saturated carbocycles. The Bertz CT molecular complexity index is 2400. The third-order valence-electron chi connectivity index (χ3n) is 11.3. The molecule has 4 aliphatic heterocycles. The molecular formula is C41H42ClN9O6S. The lowest BCUT2D eigenvalue weighted by Gasteiger charge is -2.34. The molecule has 2 N–H and O–H groups in total. The monoisotopic (exact) mass is 823 g/mol. The predicted octanol–water partition coefficient (Wildman–Crippen LogP) is 4.08. The van der Waals surface area contributed by atoms with E-state index < -0.39 is 18.0 Å². The van der Waals surface area contributed by atoms with E-state index in [0.717, 1.165) is 38.1 Å². The molecule has 0 radical (unpaired) electrons. The third-order valence-corrected chi connectivity index (χ3v) is 12.8. The molecule has 8 rings (SSSR count). The molecule has 2 aromatic heterocycles. The molecule has 58 heavy (non-hydrogen) atoms. The van der Waals surface area contributed by atoms with Crippen molar-refractivity contribution in [2.24, 2.45) is 4.99 Å². The van der Waals surface area contributed by atoms with Gasteiger partial charge in [-0.25, -0.2) is 0 Å². The highest BCUT2D eigenvalue weighted by atomic mass is 35.5. The summed E-state index contributed by atoms with van der Waals surface area (Å²) in [6, 6.07) is 11.2. The van der Waals surface area contributed by atoms with E-state index in [-0.39, 0.29) is 74.6 Å². The van der Waals surface area contributed by atoms with Crippen LogP contribution in [-0.4, -0.2) is 109 Å². The molecule has 2 fully saturated rings. The summed E-state index contributed by atoms with van der Waals surface area (Å²) in [5.74, 6) is -0.392. The summed E-state index contributed by atoms with van der Waals surface area (Å²) in [6.45, 7) is 8.26. The first kappa shape index (κ1) is 39.3. The molecule has 0 spiro atoms. The number of aromatic nitrogens is 3. The van der Waals surface area contributed by atoms with Gasteiger partial charge in [0.15, 0.2) is 5.82 Å². The number of piperidine rings is 1. The Morgan fingerprint density at radius 2 is 1.72 bits per heavy atom. The summed E-state index contributed by atoms with van der Waals surface area (Å²) < 4.78 is 2.03. The topological polar surface area (TPSA) is 179 Å². The molecule has 17 heteroatoms. The van der Waals surface area contributed by atoms with E-state index in [0.29, 0.717) is 53.8 Å². The van der Waals surface area contributed by atoms with Crippen molar-refractivity contribution in [2.45, 2.75) is 71.5 Å². The van der Waals surface area contributed by atoms with Gasteiger partial charge in [-0.2, -0.15) is 0 Å². The number of anilines is 1. The van der Waals surface area contributed by atoms with Crippen molar-refractivity contribution in [1.29, 1.82) is 0 Å². The number of carbonyl (C=O) groups is 6. The number of hydrogen-bond acceptors (Lipinski definition) is 11. The predicted molar refractivity (Wildman–Crippen MR) is 216 cm³/mol. The maximum Gasteiger partial charge on any atom is 0.255 e. The molecule has 15 nitrogen and oxygen atoms in total. The van der Waals surface area contributed by atoms with Crippen molar-refractivity contribution < 1.29 is 28.8 Å². The van der Waals surface area contributed by atoms with Crippen LogP contribution < -0.4 is 10.6 Å². The normalized spacial score (nSPS) is 19.2. The summed E-state index contributed by atoms with van der Waals surface area (Å²) in [7, 11) is 0. The lowest BCUT2D eigenvalue weighted by molar-refractivity contribution is -0.137. The van der Waals surface area contributed by atoms with Gasteiger partial charge in [-0.15, -0.1) is 21.5 Å². The standard InChI is InChI=1S/C41H42ClN9O6S/c1-22-23(2)58-41-36(22)37(25-7-9-26(42)10-8-25)44-31(38-47-46-24(3)51(38)41)19-35(55)49-17-15-48(16-18-49)20-27(52)11-13-33(53)43-30-6-4-5-28-29(30)21-50(40(28)57)32-12-14-34(54)45-39(32)56/h4-10,31-32H,11-21H2,1-3H3,(H,43,53)(H,45,54,56)/t31-,32?/m0/s1. The van der Waals surface area contributed by atoms with Crippen LogP contribution in [0.4, 0.5) is 5.69 Å². The third kappa shape index (κ3) is 7.58. The van der Waals surface area contributed by atoms with E-state index in [1.807, 2.05) is 40.7 Å². The number of ketones is 1. The van der Waals surface area contributed by atoms with Gasteiger partial charge >= 0.3 is 0 Å². The molecule has 4 aromatic rings. The van der Waals surface area contributed by atoms with Crippen LogP contribution in [0, 0.1) is 20.8 Å². The van der Waals surface area contributed by atoms with Crippen LogP contribution in [0.1, 0.15) is 87.3 Å². The van der Waals surface area contributed by atoms with E-state index >= 15 is 0 Å². The summed E-state index contributed by atoms with van der Waals surface area (Å²) >= 11 is 7.90. The number of nitrogens with one attached hydrogen (secondary N) is 2. The number of Topliss-reactive ketones (excluding diaryl/α,β-unsaturated/α-hetero) is 1. The van der Waals surface area contributed by atoms with Crippen LogP contribution in [-0.2, 0) is 30.5 Å². The van der Waals surface area contributed by atoms with Crippen molar-refractivity contribution in [3.63, 3.8) is 0 Å². The minimum atomic E-state index is -0.764. The van der Waals surface area contributed by atoms with Gasteiger partial charge in [-0.05, 0) is 57.0 Å². The van der Waals surface area contributed by atoms with E-state index in [4.69, 9.17) is 16.6 Å². The Morgan fingerprint density at radius 3 is 2.47 bits per heavy atom. The Labute approximate surface area is 343 Å². The van der Waals surface area contributed by atoms with Crippen LogP contribution >= 0.6 is 22.9 Å². The molecule has 300 valence electrons. The quantitative estimate of drug-likeness (QED) is 0.223. The Morgan fingerprint density at radius 1 is 0.966 bits per heavy atom. The minimum Gasteiger partial charge on any atom is -0.340 e. The largest absolute Gasteiger partial charge is 0.340 e. The highest BCUT2D eigenvalue weighted by Crippen LogP contribution is 2.40. The van der Waals surface area contributed by atoms with Gasteiger partial charge in [0.25, 0.3) is 5.91 Å². The number of piperazine rings is 1. The highest BCUT2D eigenvalue weighted by Gasteiger charge is 2.40. The number of carbonyl (C=O) groups excluding carboxylic acids is 6. The fourth-order valence-corrected chi connectivity index (χ4v) is 9.42. The Kier molecular flexibility index (Phi) is 10.8. The van der Waals surface area contributed by atoms with Gasteiger partial charge in [0.2, 0.25) is 23.6 Å². The smallest absolute Gasteiger partial charge is 0.255 e. The number of halogens is 1. The van der Waals surface area contributed by atoms with Crippen molar-refractivity contribution >= 4 is 69.7 Å². The molecule has 0 bridgehead atoms. The van der Waals surface area contributed by atoms with E-state index in [2.05, 4.69) is 34.7 Å². The number of aryl methyl sites for hydroxylation is 2. The average Bonchev–Trinajstić information content (AvgIpc) is 3.81. The van der Waals surface area contributed by atoms with Crippen LogP contribution in [0.2, 0.25) is 5.02 Å². The van der Waals surface area contributed by atoms with Gasteiger partial charge in [-0.3, -0.25) is 48.5 Å². The second-order valence-electron chi connectivity index (χ2n) is 15.1. The fraction of sp³-hybridized carbons (Fsp3) is 0.390. The lowest BCUT2D eigenvalue weighted by atomic mass is 9.99. The molecule has 6 heterocycles. The lowest BCUT2D eigenvalue weighted by Crippen LogP contribution is -2.52. The molecule has 5 amide bonds. The Balaban J connectivity index is 0.855. The van der Waals surface area contributed by atoms with Crippen LogP contribution in [0.25, 0.3) is 5.00 Å². The highest BCUT2D eigenvalue weighted by molar-refractivity contribution is 7.15. The number of aliphatic imine (C=N–C) groups is 1. The van der Waals surface area contributed by atoms with Gasteiger partial charge in [-0.1, -0.05) is 29.8 Å². The molecular weight excluding hydrogens is 782 g/mol. The molecule has 2 aromatic carbocycles. The number of nitrogens with zero attached hydrogens (tertiary/aromatic N) is 7. The number of benzene rings is 2. The fourth-order valence-electron chi connectivity index (χ4n) is 8.08. The SMILES string of the molecule is Cc1sc2c(c1C)C(c1ccc(Cl)cc1)=N[C@@H](CC(=O)N1CCN(CC(=O)CCC(=O)Nc3cccc4c3CN(C3CCC(=O)NC3=O)C4=O)CC1)c1nnc(C)n1-2. The van der Waals surface area contributed by atoms with Gasteiger partial charge in [0.1, 0.15) is 28.7 Å². The van der Waals surface area contributed by atoms with E-state index in [1.54, 1.807) is 34.4 Å². The summed E-state index contributed by atoms with van der Waals surface area (Å²) in [5.41, 5.74) is 5.23. The van der Waals surface area contributed by atoms with Crippen LogP contribution in [0.5, 0.6) is 0 Å². The molecule has 2 saturated heterocycles. The van der Waals surface area contributed by atoms with E-state index in [1.165, 1.54) is 4.90 Å². The summed E-state index contributed by atoms with van der Waals surface area (Å²) in [4.78, 5) is 88.8. The molecule has 0 aliphatic carbocycles. The number of rotatable bonds is 10. The first-order valence-corrected chi connectivity index (χ1v) is 20.5. The van der Waals surface area contributed by atoms with Gasteiger partial charge < -0.3 is 15.1 Å².